The van der Waals surface area contributed by atoms with Gasteiger partial charge in [0, 0.05) is 19.3 Å². The van der Waals surface area contributed by atoms with E-state index >= 15 is 0 Å². The molecule has 4 nitrogen and oxygen atoms in total. The van der Waals surface area contributed by atoms with E-state index in [0.29, 0.717) is 5.69 Å². The van der Waals surface area contributed by atoms with Crippen LogP contribution in [0.15, 0.2) is 18.3 Å². The van der Waals surface area contributed by atoms with Crippen molar-refractivity contribution in [2.24, 2.45) is 7.05 Å². The van der Waals surface area contributed by atoms with Crippen molar-refractivity contribution in [3.8, 4) is 0 Å². The predicted octanol–water partition coefficient (Wildman–Crippen LogP) is 0.136. The van der Waals surface area contributed by atoms with Crippen LogP contribution in [0.1, 0.15) is 17.4 Å². The van der Waals surface area contributed by atoms with Gasteiger partial charge in [-0.15, -0.1) is 0 Å². The molecule has 4 heteroatoms. The average molecular weight is 182 g/mol. The van der Waals surface area contributed by atoms with Gasteiger partial charge in [-0.3, -0.25) is 4.79 Å². The molecule has 1 aromatic heterocycles. The Morgan fingerprint density at radius 2 is 2.46 bits per heavy atom. The van der Waals surface area contributed by atoms with E-state index in [9.17, 15) is 4.79 Å². The van der Waals surface area contributed by atoms with E-state index in [1.807, 2.05) is 0 Å². The Hall–Kier alpha value is -1.29. The Morgan fingerprint density at radius 3 is 2.92 bits per heavy atom. The molecule has 1 amide bonds. The number of nitrogens with one attached hydrogen (secondary N) is 1. The number of carbonyl (C=O) groups excluding carboxylic acids is 1. The number of aryl methyl sites for hydroxylation is 1. The van der Waals surface area contributed by atoms with Crippen molar-refractivity contribution < 1.29 is 9.90 Å². The van der Waals surface area contributed by atoms with Gasteiger partial charge in [0.25, 0.3) is 5.91 Å². The first-order valence-electron chi connectivity index (χ1n) is 4.18. The fourth-order valence-electron chi connectivity index (χ4n) is 1.04. The Bertz CT molecular complexity index is 294. The van der Waals surface area contributed by atoms with Crippen molar-refractivity contribution in [3.05, 3.63) is 24.0 Å². The van der Waals surface area contributed by atoms with Gasteiger partial charge in [0.1, 0.15) is 5.69 Å². The van der Waals surface area contributed by atoms with Gasteiger partial charge < -0.3 is 15.0 Å². The van der Waals surface area contributed by atoms with Gasteiger partial charge in [0.2, 0.25) is 0 Å². The molecule has 2 N–H and O–H groups in total. The van der Waals surface area contributed by atoms with Crippen LogP contribution in [0.5, 0.6) is 0 Å². The van der Waals surface area contributed by atoms with Gasteiger partial charge in [0.15, 0.2) is 0 Å². The van der Waals surface area contributed by atoms with Gasteiger partial charge in [-0.25, -0.2) is 0 Å². The molecule has 13 heavy (non-hydrogen) atoms. The smallest absolute Gasteiger partial charge is 0.268 e. The molecule has 0 aliphatic carbocycles. The zero-order valence-electron chi connectivity index (χ0n) is 7.82. The third-order valence-corrected chi connectivity index (χ3v) is 1.83. The third kappa shape index (κ3) is 2.32. The minimum absolute atomic E-state index is 0.0455. The highest BCUT2D eigenvalue weighted by molar-refractivity contribution is 5.92. The zero-order chi connectivity index (χ0) is 9.84. The highest BCUT2D eigenvalue weighted by atomic mass is 16.3. The molecule has 0 bridgehead atoms. The Kier molecular flexibility index (Phi) is 3.08. The SMILES string of the molecule is C[C@@H](CO)NC(=O)c1cccn1C. The number of nitrogens with zero attached hydrogens (tertiary/aromatic N) is 1. The van der Waals surface area contributed by atoms with E-state index in [-0.39, 0.29) is 18.6 Å². The van der Waals surface area contributed by atoms with Crippen LogP contribution in [-0.2, 0) is 7.05 Å². The molecule has 0 spiro atoms. The monoisotopic (exact) mass is 182 g/mol. The van der Waals surface area contributed by atoms with E-state index in [1.165, 1.54) is 0 Å². The molecule has 0 fully saturated rings. The van der Waals surface area contributed by atoms with Crippen LogP contribution in [0.4, 0.5) is 0 Å². The first kappa shape index (κ1) is 9.80. The molecule has 1 rings (SSSR count). The van der Waals surface area contributed by atoms with E-state index in [2.05, 4.69) is 5.32 Å². The van der Waals surface area contributed by atoms with Crippen molar-refractivity contribution in [3.63, 3.8) is 0 Å². The van der Waals surface area contributed by atoms with Crippen molar-refractivity contribution in [1.82, 2.24) is 9.88 Å². The Morgan fingerprint density at radius 1 is 1.77 bits per heavy atom. The van der Waals surface area contributed by atoms with Crippen molar-refractivity contribution in [1.29, 1.82) is 0 Å². The van der Waals surface area contributed by atoms with E-state index in [4.69, 9.17) is 5.11 Å². The highest BCUT2D eigenvalue weighted by Gasteiger charge is 2.10. The number of aliphatic hydroxyl groups excluding tert-OH is 1. The van der Waals surface area contributed by atoms with Gasteiger partial charge in [-0.1, -0.05) is 0 Å². The fraction of sp³-hybridized carbons (Fsp3) is 0.444. The molecular formula is C9H14N2O2. The molecule has 1 heterocycles. The first-order valence-corrected chi connectivity index (χ1v) is 4.18. The maximum Gasteiger partial charge on any atom is 0.268 e. The van der Waals surface area contributed by atoms with Crippen LogP contribution in [0.2, 0.25) is 0 Å². The minimum Gasteiger partial charge on any atom is -0.394 e. The Balaban J connectivity index is 2.64. The molecule has 72 valence electrons. The minimum atomic E-state index is -0.206. The molecule has 0 saturated heterocycles. The van der Waals surface area contributed by atoms with Gasteiger partial charge in [-0.05, 0) is 19.1 Å². The number of hydrogen-bond acceptors (Lipinski definition) is 2. The largest absolute Gasteiger partial charge is 0.394 e. The van der Waals surface area contributed by atoms with Crippen LogP contribution in [0, 0.1) is 0 Å². The second-order valence-corrected chi connectivity index (χ2v) is 3.06. The van der Waals surface area contributed by atoms with Gasteiger partial charge >= 0.3 is 0 Å². The lowest BCUT2D eigenvalue weighted by molar-refractivity contribution is 0.0914. The number of hydrogen-bond donors (Lipinski definition) is 2. The summed E-state index contributed by atoms with van der Waals surface area (Å²) in [7, 11) is 1.80. The summed E-state index contributed by atoms with van der Waals surface area (Å²) >= 11 is 0. The lowest BCUT2D eigenvalue weighted by Crippen LogP contribution is -2.35. The summed E-state index contributed by atoms with van der Waals surface area (Å²) in [6.07, 6.45) is 1.80. The zero-order valence-corrected chi connectivity index (χ0v) is 7.82. The highest BCUT2D eigenvalue weighted by Crippen LogP contribution is 1.99. The maximum atomic E-state index is 11.5. The lowest BCUT2D eigenvalue weighted by Gasteiger charge is -2.10. The summed E-state index contributed by atoms with van der Waals surface area (Å²) in [6.45, 7) is 1.71. The van der Waals surface area contributed by atoms with Crippen LogP contribution >= 0.6 is 0 Å². The van der Waals surface area contributed by atoms with Crippen LogP contribution < -0.4 is 5.32 Å². The molecule has 0 aromatic carbocycles. The molecule has 0 aliphatic heterocycles. The number of carbonyl (C=O) groups is 1. The second-order valence-electron chi connectivity index (χ2n) is 3.06. The fourth-order valence-corrected chi connectivity index (χ4v) is 1.04. The summed E-state index contributed by atoms with van der Waals surface area (Å²) < 4.78 is 1.74. The molecule has 0 saturated carbocycles. The van der Waals surface area contributed by atoms with Crippen LogP contribution in [-0.4, -0.2) is 28.2 Å². The topological polar surface area (TPSA) is 54.3 Å². The number of aromatic nitrogens is 1. The Labute approximate surface area is 77.2 Å². The molecule has 1 atom stereocenters. The maximum absolute atomic E-state index is 11.5. The van der Waals surface area contributed by atoms with E-state index < -0.39 is 0 Å². The molecular weight excluding hydrogens is 168 g/mol. The summed E-state index contributed by atoms with van der Waals surface area (Å²) in [4.78, 5) is 11.5. The summed E-state index contributed by atoms with van der Waals surface area (Å²) in [5.74, 6) is -0.158. The lowest BCUT2D eigenvalue weighted by atomic mass is 10.3. The first-order chi connectivity index (χ1) is 6.15. The summed E-state index contributed by atoms with van der Waals surface area (Å²) in [6, 6.07) is 3.33. The molecule has 0 unspecified atom stereocenters. The predicted molar refractivity (Wildman–Crippen MR) is 49.4 cm³/mol. The summed E-state index contributed by atoms with van der Waals surface area (Å²) in [5.41, 5.74) is 0.598. The third-order valence-electron chi connectivity index (χ3n) is 1.83. The standard InChI is InChI=1S/C9H14N2O2/c1-7(6-12)10-9(13)8-4-3-5-11(8)2/h3-5,7,12H,6H2,1-2H3,(H,10,13)/t7-/m0/s1. The van der Waals surface area contributed by atoms with E-state index in [0.717, 1.165) is 0 Å². The van der Waals surface area contributed by atoms with Crippen LogP contribution in [0.25, 0.3) is 0 Å². The molecule has 1 aromatic rings. The van der Waals surface area contributed by atoms with Crippen LogP contribution in [0.3, 0.4) is 0 Å². The van der Waals surface area contributed by atoms with Crippen molar-refractivity contribution >= 4 is 5.91 Å². The van der Waals surface area contributed by atoms with Gasteiger partial charge in [0.05, 0.1) is 6.61 Å². The number of aliphatic hydroxyl groups is 1. The number of amides is 1. The average Bonchev–Trinajstić information content (AvgIpc) is 2.51. The summed E-state index contributed by atoms with van der Waals surface area (Å²) in [5, 5.41) is 11.4. The van der Waals surface area contributed by atoms with Crippen molar-refractivity contribution in [2.75, 3.05) is 6.61 Å². The van der Waals surface area contributed by atoms with Gasteiger partial charge in [-0.2, -0.15) is 0 Å². The molecule has 0 radical (unpaired) electrons. The number of rotatable bonds is 3. The normalized spacial score (nSPS) is 12.5. The second kappa shape index (κ2) is 4.09. The van der Waals surface area contributed by atoms with E-state index in [1.54, 1.807) is 36.9 Å². The molecule has 0 aliphatic rings. The quantitative estimate of drug-likeness (QED) is 0.698. The van der Waals surface area contributed by atoms with Crippen molar-refractivity contribution in [2.45, 2.75) is 13.0 Å².